The van der Waals surface area contributed by atoms with Gasteiger partial charge in [0.1, 0.15) is 0 Å². The summed E-state index contributed by atoms with van der Waals surface area (Å²) >= 11 is 1.93. The van der Waals surface area contributed by atoms with Gasteiger partial charge in [0.2, 0.25) is 0 Å². The van der Waals surface area contributed by atoms with Crippen LogP contribution in [0.25, 0.3) is 0 Å². The number of carbonyl (C=O) groups excluding carboxylic acids is 1. The van der Waals surface area contributed by atoms with Gasteiger partial charge in [-0.25, -0.2) is 0 Å². The highest BCUT2D eigenvalue weighted by Crippen LogP contribution is 2.03. The van der Waals surface area contributed by atoms with Gasteiger partial charge in [0.25, 0.3) is 0 Å². The van der Waals surface area contributed by atoms with Gasteiger partial charge in [0, 0.05) is 6.42 Å². The van der Waals surface area contributed by atoms with E-state index in [2.05, 4.69) is 6.92 Å². The molecule has 2 heteroatoms. The second kappa shape index (κ2) is 8.02. The summed E-state index contributed by atoms with van der Waals surface area (Å²) in [7, 11) is 0. The van der Waals surface area contributed by atoms with Crippen LogP contribution in [0.15, 0.2) is 0 Å². The largest absolute Gasteiger partial charge is 0.291 e. The second-order valence-electron chi connectivity index (χ2n) is 1.80. The Morgan fingerprint density at radius 1 is 1.44 bits per heavy atom. The molecule has 0 aliphatic heterocycles. The highest BCUT2D eigenvalue weighted by atomic mass is 32.2. The van der Waals surface area contributed by atoms with Crippen LogP contribution in [0.4, 0.5) is 0 Å². The van der Waals surface area contributed by atoms with Crippen molar-refractivity contribution in [1.29, 1.82) is 0 Å². The molecule has 0 spiro atoms. The van der Waals surface area contributed by atoms with Crippen LogP contribution in [-0.4, -0.2) is 17.8 Å². The lowest BCUT2D eigenvalue weighted by molar-refractivity contribution is 0.548. The summed E-state index contributed by atoms with van der Waals surface area (Å²) < 4.78 is 0. The fourth-order valence-corrected chi connectivity index (χ4v) is 1.24. The van der Waals surface area contributed by atoms with Gasteiger partial charge in [0.05, 0.1) is 0 Å². The topological polar surface area (TPSA) is 17.1 Å². The fourth-order valence-electron chi connectivity index (χ4n) is 0.546. The maximum atomic E-state index is 9.71. The van der Waals surface area contributed by atoms with E-state index in [-0.39, 0.29) is 0 Å². The van der Waals surface area contributed by atoms with E-state index in [0.29, 0.717) is 6.42 Å². The molecule has 0 N–H and O–H groups in total. The van der Waals surface area contributed by atoms with Gasteiger partial charge in [0.15, 0.2) is 6.29 Å². The number of rotatable bonds is 6. The molecule has 0 saturated carbocycles. The normalized spacial score (nSPS) is 9.44. The van der Waals surface area contributed by atoms with Crippen molar-refractivity contribution in [3.05, 3.63) is 0 Å². The molecule has 1 nitrogen and oxygen atoms in total. The number of hydrogen-bond acceptors (Lipinski definition) is 2. The SMILES string of the molecule is CCSCCCC[C]=O. The van der Waals surface area contributed by atoms with E-state index in [1.54, 1.807) is 0 Å². The van der Waals surface area contributed by atoms with Crippen LogP contribution in [0.5, 0.6) is 0 Å². The van der Waals surface area contributed by atoms with Crippen molar-refractivity contribution in [2.24, 2.45) is 0 Å². The van der Waals surface area contributed by atoms with Gasteiger partial charge in [-0.2, -0.15) is 11.8 Å². The molecule has 0 unspecified atom stereocenters. The molecule has 9 heavy (non-hydrogen) atoms. The van der Waals surface area contributed by atoms with Crippen LogP contribution in [0.1, 0.15) is 26.2 Å². The van der Waals surface area contributed by atoms with E-state index in [9.17, 15) is 4.79 Å². The number of hydrogen-bond donors (Lipinski definition) is 0. The Bertz CT molecular complexity index is 63.9. The first-order valence-corrected chi connectivity index (χ1v) is 4.50. The summed E-state index contributed by atoms with van der Waals surface area (Å²) in [6.45, 7) is 2.15. The Morgan fingerprint density at radius 2 is 2.22 bits per heavy atom. The zero-order valence-electron chi connectivity index (χ0n) is 5.85. The lowest BCUT2D eigenvalue weighted by Gasteiger charge is -1.93. The summed E-state index contributed by atoms with van der Waals surface area (Å²) in [5.41, 5.74) is 0. The Labute approximate surface area is 61.2 Å². The van der Waals surface area contributed by atoms with E-state index < -0.39 is 0 Å². The number of unbranched alkanes of at least 4 members (excludes halogenated alkanes) is 2. The van der Waals surface area contributed by atoms with Gasteiger partial charge < -0.3 is 0 Å². The molecule has 0 bridgehead atoms. The molecule has 0 aromatic rings. The predicted molar refractivity (Wildman–Crippen MR) is 42.5 cm³/mol. The van der Waals surface area contributed by atoms with Crippen LogP contribution in [0.3, 0.4) is 0 Å². The molecular weight excluding hydrogens is 132 g/mol. The number of thioether (sulfide) groups is 1. The molecule has 0 aliphatic carbocycles. The molecule has 0 atom stereocenters. The van der Waals surface area contributed by atoms with Crippen molar-refractivity contribution in [2.75, 3.05) is 11.5 Å². The van der Waals surface area contributed by atoms with Crippen LogP contribution >= 0.6 is 11.8 Å². The van der Waals surface area contributed by atoms with Crippen molar-refractivity contribution in [1.82, 2.24) is 0 Å². The monoisotopic (exact) mass is 145 g/mol. The highest BCUT2D eigenvalue weighted by Gasteiger charge is 1.86. The summed E-state index contributed by atoms with van der Waals surface area (Å²) in [5.74, 6) is 2.38. The average Bonchev–Trinajstić information content (AvgIpc) is 1.89. The molecule has 1 radical (unpaired) electrons. The van der Waals surface area contributed by atoms with E-state index in [1.807, 2.05) is 18.0 Å². The highest BCUT2D eigenvalue weighted by molar-refractivity contribution is 7.99. The summed E-state index contributed by atoms with van der Waals surface area (Å²) in [6.07, 6.45) is 4.67. The van der Waals surface area contributed by atoms with Crippen molar-refractivity contribution in [2.45, 2.75) is 26.2 Å². The van der Waals surface area contributed by atoms with Crippen molar-refractivity contribution >= 4 is 18.0 Å². The third-order valence-electron chi connectivity index (χ3n) is 1.02. The quantitative estimate of drug-likeness (QED) is 0.532. The Hall–Kier alpha value is 0.0200. The lowest BCUT2D eigenvalue weighted by Crippen LogP contribution is -1.81. The van der Waals surface area contributed by atoms with E-state index in [0.717, 1.165) is 12.8 Å². The third kappa shape index (κ3) is 8.02. The van der Waals surface area contributed by atoms with Crippen molar-refractivity contribution < 1.29 is 4.79 Å². The van der Waals surface area contributed by atoms with Crippen LogP contribution in [0, 0.1) is 0 Å². The van der Waals surface area contributed by atoms with Crippen LogP contribution in [0.2, 0.25) is 0 Å². The molecule has 0 fully saturated rings. The molecule has 0 aliphatic rings. The van der Waals surface area contributed by atoms with E-state index in [4.69, 9.17) is 0 Å². The van der Waals surface area contributed by atoms with Crippen LogP contribution < -0.4 is 0 Å². The Kier molecular flexibility index (Phi) is 8.04. The van der Waals surface area contributed by atoms with Gasteiger partial charge in [-0.15, -0.1) is 0 Å². The maximum Gasteiger partial charge on any atom is 0.198 e. The Balaban J connectivity index is 2.66. The minimum absolute atomic E-state index is 0.615. The molecule has 0 amide bonds. The standard InChI is InChI=1S/C7H13OS/c1-2-9-7-5-3-4-6-8/h2-5,7H2,1H3. The molecule has 0 saturated heterocycles. The average molecular weight is 145 g/mol. The smallest absolute Gasteiger partial charge is 0.198 e. The molecule has 0 aromatic heterocycles. The maximum absolute atomic E-state index is 9.71. The first kappa shape index (κ1) is 9.02. The molecule has 0 heterocycles. The van der Waals surface area contributed by atoms with Gasteiger partial charge in [-0.05, 0) is 24.3 Å². The molecule has 0 aromatic carbocycles. The summed E-state index contributed by atoms with van der Waals surface area (Å²) in [4.78, 5) is 9.71. The summed E-state index contributed by atoms with van der Waals surface area (Å²) in [5, 5.41) is 0. The molecular formula is C7H13OS. The van der Waals surface area contributed by atoms with Crippen molar-refractivity contribution in [3.8, 4) is 0 Å². The van der Waals surface area contributed by atoms with E-state index >= 15 is 0 Å². The van der Waals surface area contributed by atoms with Crippen LogP contribution in [-0.2, 0) is 4.79 Å². The minimum atomic E-state index is 0.615. The van der Waals surface area contributed by atoms with Gasteiger partial charge in [-0.3, -0.25) is 4.79 Å². The zero-order valence-corrected chi connectivity index (χ0v) is 6.67. The zero-order chi connectivity index (χ0) is 6.95. The Morgan fingerprint density at radius 3 is 2.78 bits per heavy atom. The second-order valence-corrected chi connectivity index (χ2v) is 3.19. The first-order chi connectivity index (χ1) is 4.41. The van der Waals surface area contributed by atoms with Gasteiger partial charge in [-0.1, -0.05) is 6.92 Å². The lowest BCUT2D eigenvalue weighted by atomic mass is 10.3. The molecule has 53 valence electrons. The van der Waals surface area contributed by atoms with E-state index in [1.165, 1.54) is 11.5 Å². The molecule has 0 rings (SSSR count). The first-order valence-electron chi connectivity index (χ1n) is 3.34. The minimum Gasteiger partial charge on any atom is -0.291 e. The third-order valence-corrected chi connectivity index (χ3v) is 2.01. The summed E-state index contributed by atoms with van der Waals surface area (Å²) in [6, 6.07) is 0. The van der Waals surface area contributed by atoms with Crippen molar-refractivity contribution in [3.63, 3.8) is 0 Å². The fraction of sp³-hybridized carbons (Fsp3) is 0.857. The predicted octanol–water partition coefficient (Wildman–Crippen LogP) is 2.02. The van der Waals surface area contributed by atoms with Gasteiger partial charge >= 0.3 is 0 Å².